The van der Waals surface area contributed by atoms with Gasteiger partial charge >= 0.3 is 0 Å². The molecule has 2 aromatic rings. The Labute approximate surface area is 111 Å². The van der Waals surface area contributed by atoms with E-state index in [1.165, 1.54) is 6.07 Å². The molecular formula is C15H16FNO2. The standard InChI is InChI=1S/C15H16FNO2/c16-14-10-12(11-17)6-7-15(14)19-9-8-18-13-4-2-1-3-5-13/h1-7,10H,8-9,11,17H2. The maximum atomic E-state index is 13.6. The molecule has 0 unspecified atom stereocenters. The third kappa shape index (κ3) is 3.96. The molecule has 0 amide bonds. The van der Waals surface area contributed by atoms with Gasteiger partial charge in [-0.05, 0) is 29.8 Å². The second kappa shape index (κ2) is 6.75. The zero-order valence-electron chi connectivity index (χ0n) is 10.5. The lowest BCUT2D eigenvalue weighted by molar-refractivity contribution is 0.211. The van der Waals surface area contributed by atoms with Gasteiger partial charge in [0.1, 0.15) is 19.0 Å². The van der Waals surface area contributed by atoms with Gasteiger partial charge in [-0.1, -0.05) is 24.3 Å². The summed E-state index contributed by atoms with van der Waals surface area (Å²) < 4.78 is 24.3. The summed E-state index contributed by atoms with van der Waals surface area (Å²) in [5.41, 5.74) is 6.17. The molecule has 19 heavy (non-hydrogen) atoms. The first kappa shape index (κ1) is 13.4. The van der Waals surface area contributed by atoms with Crippen LogP contribution in [0.2, 0.25) is 0 Å². The van der Waals surface area contributed by atoms with Crippen LogP contribution in [0.3, 0.4) is 0 Å². The van der Waals surface area contributed by atoms with E-state index in [-0.39, 0.29) is 12.4 Å². The van der Waals surface area contributed by atoms with Gasteiger partial charge in [-0.3, -0.25) is 0 Å². The molecule has 2 aromatic carbocycles. The van der Waals surface area contributed by atoms with Gasteiger partial charge < -0.3 is 15.2 Å². The number of nitrogens with two attached hydrogens (primary N) is 1. The van der Waals surface area contributed by atoms with Crippen LogP contribution in [0.5, 0.6) is 11.5 Å². The molecule has 0 bridgehead atoms. The van der Waals surface area contributed by atoms with E-state index in [0.717, 1.165) is 11.3 Å². The van der Waals surface area contributed by atoms with E-state index in [0.29, 0.717) is 13.2 Å². The summed E-state index contributed by atoms with van der Waals surface area (Å²) in [6.45, 7) is 0.962. The molecule has 0 aliphatic rings. The summed E-state index contributed by atoms with van der Waals surface area (Å²) in [5, 5.41) is 0. The van der Waals surface area contributed by atoms with Crippen molar-refractivity contribution in [1.82, 2.24) is 0 Å². The van der Waals surface area contributed by atoms with Crippen molar-refractivity contribution in [2.45, 2.75) is 6.54 Å². The van der Waals surface area contributed by atoms with Crippen molar-refractivity contribution in [1.29, 1.82) is 0 Å². The average molecular weight is 261 g/mol. The minimum atomic E-state index is -0.400. The number of rotatable bonds is 6. The van der Waals surface area contributed by atoms with E-state index in [4.69, 9.17) is 15.2 Å². The third-order valence-electron chi connectivity index (χ3n) is 2.58. The molecule has 0 saturated carbocycles. The second-order valence-corrected chi connectivity index (χ2v) is 3.98. The Morgan fingerprint density at radius 1 is 0.947 bits per heavy atom. The Kier molecular flexibility index (Phi) is 4.75. The van der Waals surface area contributed by atoms with Crippen LogP contribution in [-0.4, -0.2) is 13.2 Å². The van der Waals surface area contributed by atoms with Gasteiger partial charge in [0.05, 0.1) is 0 Å². The first-order valence-corrected chi connectivity index (χ1v) is 6.09. The quantitative estimate of drug-likeness (QED) is 0.813. The molecule has 0 aromatic heterocycles. The maximum Gasteiger partial charge on any atom is 0.165 e. The van der Waals surface area contributed by atoms with Gasteiger partial charge in [-0.25, -0.2) is 4.39 Å². The molecule has 3 nitrogen and oxygen atoms in total. The molecule has 0 fully saturated rings. The van der Waals surface area contributed by atoms with Crippen LogP contribution in [0.4, 0.5) is 4.39 Å². The normalized spacial score (nSPS) is 10.2. The highest BCUT2D eigenvalue weighted by Crippen LogP contribution is 2.18. The Hall–Kier alpha value is -2.07. The number of hydrogen-bond acceptors (Lipinski definition) is 3. The topological polar surface area (TPSA) is 44.5 Å². The molecule has 100 valence electrons. The Morgan fingerprint density at radius 3 is 2.37 bits per heavy atom. The summed E-state index contributed by atoms with van der Waals surface area (Å²) in [5.74, 6) is 0.585. The zero-order chi connectivity index (χ0) is 13.5. The SMILES string of the molecule is NCc1ccc(OCCOc2ccccc2)c(F)c1. The molecule has 2 rings (SSSR count). The van der Waals surface area contributed by atoms with E-state index in [1.54, 1.807) is 12.1 Å². The summed E-state index contributed by atoms with van der Waals surface area (Å²) in [6, 6.07) is 14.1. The molecule has 0 atom stereocenters. The van der Waals surface area contributed by atoms with E-state index in [2.05, 4.69) is 0 Å². The Morgan fingerprint density at radius 2 is 1.68 bits per heavy atom. The van der Waals surface area contributed by atoms with Gasteiger partial charge in [-0.15, -0.1) is 0 Å². The van der Waals surface area contributed by atoms with Crippen LogP contribution in [-0.2, 0) is 6.54 Å². The predicted molar refractivity (Wildman–Crippen MR) is 71.7 cm³/mol. The van der Waals surface area contributed by atoms with Crippen molar-refractivity contribution in [2.24, 2.45) is 5.73 Å². The number of para-hydroxylation sites is 1. The van der Waals surface area contributed by atoms with Crippen LogP contribution in [0, 0.1) is 5.82 Å². The van der Waals surface area contributed by atoms with Gasteiger partial charge in [0.15, 0.2) is 11.6 Å². The molecule has 0 spiro atoms. The van der Waals surface area contributed by atoms with Crippen molar-refractivity contribution in [2.75, 3.05) is 13.2 Å². The number of benzene rings is 2. The second-order valence-electron chi connectivity index (χ2n) is 3.98. The van der Waals surface area contributed by atoms with E-state index >= 15 is 0 Å². The molecule has 0 heterocycles. The molecule has 2 N–H and O–H groups in total. The van der Waals surface area contributed by atoms with Crippen LogP contribution in [0.25, 0.3) is 0 Å². The first-order chi connectivity index (χ1) is 9.29. The van der Waals surface area contributed by atoms with Crippen molar-refractivity contribution >= 4 is 0 Å². The largest absolute Gasteiger partial charge is 0.490 e. The van der Waals surface area contributed by atoms with Crippen LogP contribution in [0.15, 0.2) is 48.5 Å². The van der Waals surface area contributed by atoms with Gasteiger partial charge in [0, 0.05) is 6.54 Å². The number of ether oxygens (including phenoxy) is 2. The third-order valence-corrected chi connectivity index (χ3v) is 2.58. The lowest BCUT2D eigenvalue weighted by Crippen LogP contribution is -2.10. The van der Waals surface area contributed by atoms with E-state index in [1.807, 2.05) is 30.3 Å². The highest BCUT2D eigenvalue weighted by molar-refractivity contribution is 5.29. The minimum absolute atomic E-state index is 0.217. The molecule has 0 aliphatic heterocycles. The van der Waals surface area contributed by atoms with Crippen LogP contribution in [0.1, 0.15) is 5.56 Å². The van der Waals surface area contributed by atoms with Gasteiger partial charge in [0.2, 0.25) is 0 Å². The van der Waals surface area contributed by atoms with Crippen LogP contribution >= 0.6 is 0 Å². The zero-order valence-corrected chi connectivity index (χ0v) is 10.5. The summed E-state index contributed by atoms with van der Waals surface area (Å²) >= 11 is 0. The Balaban J connectivity index is 1.80. The Bertz CT molecular complexity index is 517. The molecule has 0 saturated heterocycles. The number of hydrogen-bond donors (Lipinski definition) is 1. The average Bonchev–Trinajstić information content (AvgIpc) is 2.46. The van der Waals surface area contributed by atoms with Crippen molar-refractivity contribution in [3.63, 3.8) is 0 Å². The highest BCUT2D eigenvalue weighted by atomic mass is 19.1. The van der Waals surface area contributed by atoms with E-state index in [9.17, 15) is 4.39 Å². The molecular weight excluding hydrogens is 245 g/mol. The minimum Gasteiger partial charge on any atom is -0.490 e. The van der Waals surface area contributed by atoms with Crippen molar-refractivity contribution in [3.8, 4) is 11.5 Å². The van der Waals surface area contributed by atoms with Gasteiger partial charge in [-0.2, -0.15) is 0 Å². The predicted octanol–water partition coefficient (Wildman–Crippen LogP) is 2.74. The fourth-order valence-electron chi connectivity index (χ4n) is 1.62. The molecule has 4 heteroatoms. The maximum absolute atomic E-state index is 13.6. The van der Waals surface area contributed by atoms with Gasteiger partial charge in [0.25, 0.3) is 0 Å². The highest BCUT2D eigenvalue weighted by Gasteiger charge is 2.04. The summed E-state index contributed by atoms with van der Waals surface area (Å²) in [4.78, 5) is 0. The molecule has 0 aliphatic carbocycles. The molecule has 0 radical (unpaired) electrons. The lowest BCUT2D eigenvalue weighted by atomic mass is 10.2. The lowest BCUT2D eigenvalue weighted by Gasteiger charge is -2.09. The summed E-state index contributed by atoms with van der Waals surface area (Å²) in [6.07, 6.45) is 0. The fourth-order valence-corrected chi connectivity index (χ4v) is 1.62. The van der Waals surface area contributed by atoms with Crippen LogP contribution < -0.4 is 15.2 Å². The van der Waals surface area contributed by atoms with Crippen molar-refractivity contribution < 1.29 is 13.9 Å². The first-order valence-electron chi connectivity index (χ1n) is 6.09. The van der Waals surface area contributed by atoms with E-state index < -0.39 is 5.82 Å². The number of halogens is 1. The monoisotopic (exact) mass is 261 g/mol. The van der Waals surface area contributed by atoms with Crippen molar-refractivity contribution in [3.05, 3.63) is 59.9 Å². The fraction of sp³-hybridized carbons (Fsp3) is 0.200. The summed E-state index contributed by atoms with van der Waals surface area (Å²) in [7, 11) is 0. The smallest absolute Gasteiger partial charge is 0.165 e.